The summed E-state index contributed by atoms with van der Waals surface area (Å²) in [5.41, 5.74) is 5.22. The van der Waals surface area contributed by atoms with E-state index in [2.05, 4.69) is 0 Å². The first-order valence-corrected chi connectivity index (χ1v) is 5.52. The summed E-state index contributed by atoms with van der Waals surface area (Å²) in [6, 6.07) is 0. The molecule has 0 amide bonds. The van der Waals surface area contributed by atoms with Gasteiger partial charge < -0.3 is 20.5 Å². The Bertz CT molecular complexity index is 255. The lowest BCUT2D eigenvalue weighted by Crippen LogP contribution is -2.56. The maximum Gasteiger partial charge on any atom is 0.188 e. The fourth-order valence-corrected chi connectivity index (χ4v) is 2.59. The number of ether oxygens (including phenoxy) is 1. The van der Waals surface area contributed by atoms with Crippen LogP contribution in [-0.2, 0) is 4.74 Å². The van der Waals surface area contributed by atoms with Crippen molar-refractivity contribution in [2.24, 2.45) is 5.73 Å². The first kappa shape index (κ1) is 10.7. The van der Waals surface area contributed by atoms with Crippen LogP contribution in [0.1, 0.15) is 25.7 Å². The Labute approximate surface area is 89.7 Å². The fraction of sp³-hybridized carbons (Fsp3) is 0.900. The fourth-order valence-electron chi connectivity index (χ4n) is 2.59. The number of piperidine rings is 1. The van der Waals surface area contributed by atoms with Crippen LogP contribution in [0.4, 0.5) is 0 Å². The molecule has 0 aromatic carbocycles. The van der Waals surface area contributed by atoms with Gasteiger partial charge in [-0.15, -0.1) is 0 Å². The second kappa shape index (κ2) is 3.98. The summed E-state index contributed by atoms with van der Waals surface area (Å²) in [5.74, 6) is 0.109. The molecule has 0 unspecified atom stereocenters. The molecule has 5 heteroatoms. The van der Waals surface area contributed by atoms with Gasteiger partial charge in [0.25, 0.3) is 0 Å². The number of guanidine groups is 1. The molecule has 5 nitrogen and oxygen atoms in total. The van der Waals surface area contributed by atoms with Gasteiger partial charge in [-0.25, -0.2) is 0 Å². The van der Waals surface area contributed by atoms with Crippen molar-refractivity contribution >= 4 is 5.96 Å². The lowest BCUT2D eigenvalue weighted by Gasteiger charge is -2.46. The van der Waals surface area contributed by atoms with E-state index in [9.17, 15) is 5.11 Å². The minimum Gasteiger partial charge on any atom is -0.393 e. The Morgan fingerprint density at radius 3 is 3.07 bits per heavy atom. The van der Waals surface area contributed by atoms with Gasteiger partial charge >= 0.3 is 0 Å². The minimum absolute atomic E-state index is 0.109. The van der Waals surface area contributed by atoms with Crippen LogP contribution in [-0.4, -0.2) is 47.4 Å². The summed E-state index contributed by atoms with van der Waals surface area (Å²) >= 11 is 0. The molecule has 2 saturated heterocycles. The van der Waals surface area contributed by atoms with Crippen molar-refractivity contribution in [3.63, 3.8) is 0 Å². The summed E-state index contributed by atoms with van der Waals surface area (Å²) in [7, 11) is 0. The van der Waals surface area contributed by atoms with Crippen LogP contribution in [0.25, 0.3) is 0 Å². The summed E-state index contributed by atoms with van der Waals surface area (Å²) in [6.07, 6.45) is 3.09. The van der Waals surface area contributed by atoms with Gasteiger partial charge in [0.15, 0.2) is 5.96 Å². The molecule has 4 N–H and O–H groups in total. The summed E-state index contributed by atoms with van der Waals surface area (Å²) < 4.78 is 5.80. The average Bonchev–Trinajstić information content (AvgIpc) is 2.17. The molecule has 2 heterocycles. The van der Waals surface area contributed by atoms with Crippen LogP contribution in [0.3, 0.4) is 0 Å². The maximum atomic E-state index is 9.67. The van der Waals surface area contributed by atoms with Gasteiger partial charge in [0.2, 0.25) is 0 Å². The molecule has 2 aliphatic rings. The van der Waals surface area contributed by atoms with Crippen molar-refractivity contribution in [2.45, 2.75) is 37.4 Å². The third-order valence-corrected chi connectivity index (χ3v) is 3.35. The van der Waals surface area contributed by atoms with Gasteiger partial charge in [-0.3, -0.25) is 5.41 Å². The molecule has 2 atom stereocenters. The highest BCUT2D eigenvalue weighted by Crippen LogP contribution is 2.33. The molecule has 1 spiro atoms. The van der Waals surface area contributed by atoms with Crippen molar-refractivity contribution in [1.29, 1.82) is 5.41 Å². The SMILES string of the molecule is N=C(N)N1CCC[C@]2(C[C@H](O)CCO2)C1. The quantitative estimate of drug-likeness (QED) is 0.387. The number of likely N-dealkylation sites (tertiary alicyclic amines) is 1. The van der Waals surface area contributed by atoms with Crippen LogP contribution in [0.15, 0.2) is 0 Å². The van der Waals surface area contributed by atoms with E-state index in [1.165, 1.54) is 0 Å². The van der Waals surface area contributed by atoms with Crippen molar-refractivity contribution in [3.05, 3.63) is 0 Å². The second-order valence-electron chi connectivity index (χ2n) is 4.59. The van der Waals surface area contributed by atoms with Gasteiger partial charge in [-0.2, -0.15) is 0 Å². The number of aliphatic hydroxyl groups is 1. The normalized spacial score (nSPS) is 36.9. The molecule has 0 saturated carbocycles. The Kier molecular flexibility index (Phi) is 2.84. The molecule has 15 heavy (non-hydrogen) atoms. The van der Waals surface area contributed by atoms with E-state index in [0.29, 0.717) is 19.6 Å². The number of nitrogens with zero attached hydrogens (tertiary/aromatic N) is 1. The number of aliphatic hydroxyl groups excluding tert-OH is 1. The predicted octanol–water partition coefficient (Wildman–Crippen LogP) is -0.114. The van der Waals surface area contributed by atoms with E-state index in [4.69, 9.17) is 15.9 Å². The Morgan fingerprint density at radius 2 is 2.40 bits per heavy atom. The zero-order chi connectivity index (χ0) is 10.9. The summed E-state index contributed by atoms with van der Waals surface area (Å²) in [4.78, 5) is 1.83. The molecule has 0 aromatic heterocycles. The van der Waals surface area contributed by atoms with Crippen LogP contribution in [0, 0.1) is 5.41 Å². The zero-order valence-electron chi connectivity index (χ0n) is 8.91. The van der Waals surface area contributed by atoms with E-state index < -0.39 is 0 Å². The third-order valence-electron chi connectivity index (χ3n) is 3.35. The van der Waals surface area contributed by atoms with Crippen LogP contribution in [0.2, 0.25) is 0 Å². The zero-order valence-corrected chi connectivity index (χ0v) is 8.91. The molecular formula is C10H19N3O2. The summed E-state index contributed by atoms with van der Waals surface area (Å²) in [5, 5.41) is 17.1. The van der Waals surface area contributed by atoms with Crippen molar-refractivity contribution in [3.8, 4) is 0 Å². The molecule has 0 aromatic rings. The van der Waals surface area contributed by atoms with E-state index in [1.54, 1.807) is 0 Å². The molecule has 0 radical (unpaired) electrons. The van der Waals surface area contributed by atoms with E-state index in [0.717, 1.165) is 25.8 Å². The third kappa shape index (κ3) is 2.23. The van der Waals surface area contributed by atoms with Gasteiger partial charge in [-0.1, -0.05) is 0 Å². The Morgan fingerprint density at radius 1 is 1.60 bits per heavy atom. The largest absolute Gasteiger partial charge is 0.393 e. The smallest absolute Gasteiger partial charge is 0.188 e. The van der Waals surface area contributed by atoms with E-state index >= 15 is 0 Å². The van der Waals surface area contributed by atoms with E-state index in [1.807, 2.05) is 4.90 Å². The highest BCUT2D eigenvalue weighted by molar-refractivity contribution is 5.74. The molecule has 2 fully saturated rings. The minimum atomic E-state index is -0.262. The van der Waals surface area contributed by atoms with Crippen molar-refractivity contribution in [2.75, 3.05) is 19.7 Å². The standard InChI is InChI=1S/C10H19N3O2/c11-9(12)13-4-1-3-10(7-13)6-8(14)2-5-15-10/h8,14H,1-7H2,(H3,11,12)/t8-,10+/m1/s1. The van der Waals surface area contributed by atoms with Gasteiger partial charge in [0, 0.05) is 26.1 Å². The van der Waals surface area contributed by atoms with Gasteiger partial charge in [-0.05, 0) is 19.3 Å². The number of hydrogen-bond acceptors (Lipinski definition) is 3. The Hall–Kier alpha value is -0.810. The van der Waals surface area contributed by atoms with E-state index in [-0.39, 0.29) is 17.7 Å². The number of nitrogens with one attached hydrogen (secondary N) is 1. The maximum absolute atomic E-state index is 9.67. The molecule has 0 bridgehead atoms. The first-order valence-electron chi connectivity index (χ1n) is 5.52. The highest BCUT2D eigenvalue weighted by Gasteiger charge is 2.40. The Balaban J connectivity index is 2.04. The topological polar surface area (TPSA) is 82.6 Å². The highest BCUT2D eigenvalue weighted by atomic mass is 16.5. The second-order valence-corrected chi connectivity index (χ2v) is 4.59. The van der Waals surface area contributed by atoms with Crippen LogP contribution < -0.4 is 5.73 Å². The number of rotatable bonds is 0. The lowest BCUT2D eigenvalue weighted by molar-refractivity contribution is -0.139. The average molecular weight is 213 g/mol. The lowest BCUT2D eigenvalue weighted by atomic mass is 9.84. The van der Waals surface area contributed by atoms with Gasteiger partial charge in [0.05, 0.1) is 11.7 Å². The van der Waals surface area contributed by atoms with Crippen LogP contribution in [0.5, 0.6) is 0 Å². The monoisotopic (exact) mass is 213 g/mol. The van der Waals surface area contributed by atoms with Crippen LogP contribution >= 0.6 is 0 Å². The number of hydrogen-bond donors (Lipinski definition) is 3. The molecule has 0 aliphatic carbocycles. The summed E-state index contributed by atoms with van der Waals surface area (Å²) in [6.45, 7) is 2.10. The van der Waals surface area contributed by atoms with Gasteiger partial charge in [0.1, 0.15) is 0 Å². The predicted molar refractivity (Wildman–Crippen MR) is 56.6 cm³/mol. The van der Waals surface area contributed by atoms with Crippen molar-refractivity contribution < 1.29 is 9.84 Å². The molecular weight excluding hydrogens is 194 g/mol. The molecule has 2 aliphatic heterocycles. The van der Waals surface area contributed by atoms with Crippen molar-refractivity contribution in [1.82, 2.24) is 4.90 Å². The number of nitrogens with two attached hydrogens (primary N) is 1. The molecule has 86 valence electrons. The first-order chi connectivity index (χ1) is 7.11. The molecule has 2 rings (SSSR count).